The van der Waals surface area contributed by atoms with E-state index in [0.717, 1.165) is 19.3 Å². The maximum absolute atomic E-state index is 12.9. The fourth-order valence-electron chi connectivity index (χ4n) is 4.57. The van der Waals surface area contributed by atoms with Crippen LogP contribution in [0.1, 0.15) is 56.0 Å². The number of esters is 2. The largest absolute Gasteiger partial charge is 0.460 e. The van der Waals surface area contributed by atoms with E-state index in [1.54, 1.807) is 13.0 Å². The number of carbonyl (C=O) groups is 2. The molecule has 0 aromatic heterocycles. The van der Waals surface area contributed by atoms with Crippen molar-refractivity contribution in [3.63, 3.8) is 0 Å². The predicted molar refractivity (Wildman–Crippen MR) is 122 cm³/mol. The monoisotopic (exact) mass is 481 g/mol. The first-order valence-electron chi connectivity index (χ1n) is 11.6. The molecule has 0 bridgehead atoms. The lowest BCUT2D eigenvalue weighted by Crippen LogP contribution is -2.40. The molecule has 1 saturated heterocycles. The van der Waals surface area contributed by atoms with Crippen LogP contribution >= 0.6 is 0 Å². The molecule has 2 aliphatic rings. The number of ether oxygens (including phenoxy) is 3. The first-order chi connectivity index (χ1) is 15.6. The van der Waals surface area contributed by atoms with Crippen LogP contribution < -0.4 is 0 Å². The number of rotatable bonds is 7. The van der Waals surface area contributed by atoms with Crippen molar-refractivity contribution in [1.82, 2.24) is 4.31 Å². The van der Waals surface area contributed by atoms with E-state index in [-0.39, 0.29) is 29.7 Å². The first kappa shape index (κ1) is 25.6. The smallest absolute Gasteiger partial charge is 0.344 e. The quantitative estimate of drug-likeness (QED) is 0.552. The zero-order valence-corrected chi connectivity index (χ0v) is 20.7. The summed E-state index contributed by atoms with van der Waals surface area (Å²) in [5.74, 6) is -0.148. The lowest BCUT2D eigenvalue weighted by Gasteiger charge is -2.36. The van der Waals surface area contributed by atoms with E-state index in [1.807, 2.05) is 0 Å². The maximum Gasteiger partial charge on any atom is 0.344 e. The van der Waals surface area contributed by atoms with Gasteiger partial charge in [-0.2, -0.15) is 4.31 Å². The second-order valence-electron chi connectivity index (χ2n) is 9.42. The van der Waals surface area contributed by atoms with Gasteiger partial charge < -0.3 is 14.2 Å². The summed E-state index contributed by atoms with van der Waals surface area (Å²) in [5, 5.41) is 0. The Morgan fingerprint density at radius 2 is 1.88 bits per heavy atom. The molecular formula is C24H35NO7S. The van der Waals surface area contributed by atoms with E-state index in [4.69, 9.17) is 14.2 Å². The van der Waals surface area contributed by atoms with Gasteiger partial charge in [-0.15, -0.1) is 0 Å². The van der Waals surface area contributed by atoms with Crippen LogP contribution in [0.3, 0.4) is 0 Å². The van der Waals surface area contributed by atoms with Crippen molar-refractivity contribution in [3.05, 3.63) is 29.3 Å². The highest BCUT2D eigenvalue weighted by atomic mass is 32.2. The molecular weight excluding hydrogens is 446 g/mol. The number of aryl methyl sites for hydroxylation is 1. The van der Waals surface area contributed by atoms with Crippen molar-refractivity contribution in [2.45, 2.75) is 58.0 Å². The van der Waals surface area contributed by atoms with Crippen molar-refractivity contribution < 1.29 is 32.2 Å². The summed E-state index contributed by atoms with van der Waals surface area (Å²) >= 11 is 0. The van der Waals surface area contributed by atoms with Crippen molar-refractivity contribution in [3.8, 4) is 0 Å². The molecule has 1 saturated carbocycles. The Bertz CT molecular complexity index is 954. The van der Waals surface area contributed by atoms with Crippen LogP contribution in [0, 0.1) is 24.7 Å². The molecule has 1 aromatic rings. The molecule has 0 amide bonds. The molecule has 0 unspecified atom stereocenters. The van der Waals surface area contributed by atoms with Crippen LogP contribution in [0.25, 0.3) is 0 Å². The second-order valence-corrected chi connectivity index (χ2v) is 11.4. The minimum atomic E-state index is -3.75. The van der Waals surface area contributed by atoms with Gasteiger partial charge in [-0.25, -0.2) is 18.0 Å². The molecule has 0 spiro atoms. The molecule has 3 atom stereocenters. The molecule has 184 valence electrons. The maximum atomic E-state index is 12.9. The normalized spacial score (nSPS) is 24.5. The van der Waals surface area contributed by atoms with Crippen LogP contribution in [0.4, 0.5) is 0 Å². The topological polar surface area (TPSA) is 99.2 Å². The van der Waals surface area contributed by atoms with Crippen molar-refractivity contribution >= 4 is 22.0 Å². The lowest BCUT2D eigenvalue weighted by molar-refractivity contribution is -0.159. The summed E-state index contributed by atoms with van der Waals surface area (Å²) in [6.45, 7) is 8.78. The Kier molecular flexibility index (Phi) is 8.53. The number of nitrogens with zero attached hydrogens (tertiary/aromatic N) is 1. The number of hydrogen-bond acceptors (Lipinski definition) is 7. The SMILES string of the molecule is Cc1ccc(S(=O)(=O)N2CCOCC2)cc1C(=O)OCC(=O)O[C@H]1C[C@H](C)CC[C@@H]1C(C)C. The summed E-state index contributed by atoms with van der Waals surface area (Å²) in [6.07, 6.45) is 2.77. The van der Waals surface area contributed by atoms with E-state index >= 15 is 0 Å². The van der Waals surface area contributed by atoms with E-state index in [0.29, 0.717) is 36.5 Å². The Morgan fingerprint density at radius 3 is 2.55 bits per heavy atom. The number of hydrogen-bond donors (Lipinski definition) is 0. The number of morpholine rings is 1. The van der Waals surface area contributed by atoms with Crippen LogP contribution in [-0.4, -0.2) is 63.7 Å². The molecule has 1 aliphatic carbocycles. The van der Waals surface area contributed by atoms with Gasteiger partial charge >= 0.3 is 11.9 Å². The van der Waals surface area contributed by atoms with Crippen LogP contribution in [0.15, 0.2) is 23.1 Å². The number of sulfonamides is 1. The summed E-state index contributed by atoms with van der Waals surface area (Å²) in [7, 11) is -3.75. The molecule has 1 heterocycles. The number of benzene rings is 1. The highest BCUT2D eigenvalue weighted by molar-refractivity contribution is 7.89. The average Bonchev–Trinajstić information content (AvgIpc) is 2.78. The summed E-state index contributed by atoms with van der Waals surface area (Å²) in [5.41, 5.74) is 0.679. The highest BCUT2D eigenvalue weighted by Gasteiger charge is 2.34. The van der Waals surface area contributed by atoms with Crippen molar-refractivity contribution in [2.75, 3.05) is 32.9 Å². The third-order valence-corrected chi connectivity index (χ3v) is 8.50. The predicted octanol–water partition coefficient (Wildman–Crippen LogP) is 3.18. The molecule has 1 aromatic carbocycles. The summed E-state index contributed by atoms with van der Waals surface area (Å²) < 4.78 is 43.3. The van der Waals surface area contributed by atoms with Gasteiger partial charge in [-0.3, -0.25) is 0 Å². The summed E-state index contributed by atoms with van der Waals surface area (Å²) in [4.78, 5) is 25.1. The fourth-order valence-corrected chi connectivity index (χ4v) is 6.01. The molecule has 0 N–H and O–H groups in total. The third-order valence-electron chi connectivity index (χ3n) is 6.60. The van der Waals surface area contributed by atoms with E-state index in [1.165, 1.54) is 16.4 Å². The Balaban J connectivity index is 1.64. The van der Waals surface area contributed by atoms with E-state index in [2.05, 4.69) is 20.8 Å². The molecule has 9 heteroatoms. The minimum Gasteiger partial charge on any atom is -0.460 e. The fraction of sp³-hybridized carbons (Fsp3) is 0.667. The highest BCUT2D eigenvalue weighted by Crippen LogP contribution is 2.35. The Labute approximate surface area is 196 Å². The van der Waals surface area contributed by atoms with Gasteiger partial charge in [0, 0.05) is 13.1 Å². The first-order valence-corrected chi connectivity index (χ1v) is 13.1. The van der Waals surface area contributed by atoms with Crippen molar-refractivity contribution in [2.24, 2.45) is 17.8 Å². The van der Waals surface area contributed by atoms with Crippen LogP contribution in [-0.2, 0) is 29.0 Å². The van der Waals surface area contributed by atoms with Crippen LogP contribution in [0.2, 0.25) is 0 Å². The van der Waals surface area contributed by atoms with Gasteiger partial charge in [0.2, 0.25) is 10.0 Å². The van der Waals surface area contributed by atoms with Gasteiger partial charge in [0.05, 0.1) is 23.7 Å². The van der Waals surface area contributed by atoms with Gasteiger partial charge in [0.15, 0.2) is 6.61 Å². The van der Waals surface area contributed by atoms with Gasteiger partial charge in [0.25, 0.3) is 0 Å². The number of carbonyl (C=O) groups excluding carboxylic acids is 2. The van der Waals surface area contributed by atoms with Gasteiger partial charge in [-0.1, -0.05) is 33.3 Å². The zero-order chi connectivity index (χ0) is 24.2. The van der Waals surface area contributed by atoms with E-state index < -0.39 is 28.6 Å². The average molecular weight is 482 g/mol. The Morgan fingerprint density at radius 1 is 1.18 bits per heavy atom. The van der Waals surface area contributed by atoms with Gasteiger partial charge in [0.1, 0.15) is 6.10 Å². The molecule has 8 nitrogen and oxygen atoms in total. The third kappa shape index (κ3) is 6.33. The minimum absolute atomic E-state index is 0.0143. The molecule has 2 fully saturated rings. The standard InChI is InChI=1S/C24H35NO7S/c1-16(2)20-8-5-17(3)13-22(20)32-23(26)15-31-24(27)21-14-19(7-6-18(21)4)33(28,29)25-9-11-30-12-10-25/h6-7,14,16-17,20,22H,5,8-13,15H2,1-4H3/t17-,20-,22+/m1/s1. The lowest BCUT2D eigenvalue weighted by atomic mass is 9.75. The molecule has 3 rings (SSSR count). The van der Waals surface area contributed by atoms with Crippen molar-refractivity contribution in [1.29, 1.82) is 0 Å². The van der Waals surface area contributed by atoms with Gasteiger partial charge in [-0.05, 0) is 55.2 Å². The summed E-state index contributed by atoms with van der Waals surface area (Å²) in [6, 6.07) is 4.35. The molecule has 33 heavy (non-hydrogen) atoms. The molecule has 1 aliphatic heterocycles. The molecule has 0 radical (unpaired) electrons. The Hall–Kier alpha value is -1.97. The van der Waals surface area contributed by atoms with E-state index in [9.17, 15) is 18.0 Å². The van der Waals surface area contributed by atoms with Crippen LogP contribution in [0.5, 0.6) is 0 Å². The second kappa shape index (κ2) is 11.0. The zero-order valence-electron chi connectivity index (χ0n) is 19.9.